The van der Waals surface area contributed by atoms with Crippen LogP contribution >= 0.6 is 11.6 Å². The van der Waals surface area contributed by atoms with Gasteiger partial charge in [-0.15, -0.1) is 0 Å². The number of carboxylic acids is 1. The minimum Gasteiger partial charge on any atom is -0.497 e. The van der Waals surface area contributed by atoms with Gasteiger partial charge in [0.25, 0.3) is 0 Å². The Labute approximate surface area is 202 Å². The van der Waals surface area contributed by atoms with Gasteiger partial charge in [0.1, 0.15) is 11.5 Å². The lowest BCUT2D eigenvalue weighted by Crippen LogP contribution is -2.02. The summed E-state index contributed by atoms with van der Waals surface area (Å²) in [6.45, 7) is 0.474. The van der Waals surface area contributed by atoms with Gasteiger partial charge in [-0.1, -0.05) is 17.7 Å². The van der Waals surface area contributed by atoms with Gasteiger partial charge in [-0.2, -0.15) is 5.10 Å². The van der Waals surface area contributed by atoms with Gasteiger partial charge in [-0.3, -0.25) is 0 Å². The highest BCUT2D eigenvalue weighted by Crippen LogP contribution is 2.27. The number of halogens is 1. The molecule has 0 fully saturated rings. The number of benzene rings is 3. The summed E-state index contributed by atoms with van der Waals surface area (Å²) in [5, 5.41) is 14.2. The van der Waals surface area contributed by atoms with Crippen molar-refractivity contribution in [1.82, 2.24) is 9.78 Å². The van der Waals surface area contributed by atoms with Gasteiger partial charge in [0, 0.05) is 5.56 Å². The molecule has 34 heavy (non-hydrogen) atoms. The lowest BCUT2D eigenvalue weighted by atomic mass is 10.1. The van der Waals surface area contributed by atoms with Crippen molar-refractivity contribution >= 4 is 17.6 Å². The minimum absolute atomic E-state index is 0.0494. The second-order valence-corrected chi connectivity index (χ2v) is 7.88. The van der Waals surface area contributed by atoms with Crippen LogP contribution in [0.4, 0.5) is 0 Å². The van der Waals surface area contributed by atoms with Crippen molar-refractivity contribution < 1.29 is 24.1 Å². The van der Waals surface area contributed by atoms with Crippen LogP contribution in [0, 0.1) is 0 Å². The lowest BCUT2D eigenvalue weighted by molar-refractivity contribution is 0.0696. The molecule has 7 nitrogen and oxygen atoms in total. The molecule has 0 radical (unpaired) electrons. The maximum absolute atomic E-state index is 11.3. The summed E-state index contributed by atoms with van der Waals surface area (Å²) in [5.74, 6) is 0.454. The van der Waals surface area contributed by atoms with Gasteiger partial charge in [0.2, 0.25) is 0 Å². The highest BCUT2D eigenvalue weighted by Gasteiger charge is 2.14. The molecule has 0 atom stereocenters. The Morgan fingerprint density at radius 2 is 1.56 bits per heavy atom. The second-order valence-electron chi connectivity index (χ2n) is 7.47. The van der Waals surface area contributed by atoms with Crippen LogP contribution in [0.1, 0.15) is 21.6 Å². The van der Waals surface area contributed by atoms with Gasteiger partial charge < -0.3 is 19.3 Å². The largest absolute Gasteiger partial charge is 0.497 e. The van der Waals surface area contributed by atoms with Crippen molar-refractivity contribution in [3.63, 3.8) is 0 Å². The van der Waals surface area contributed by atoms with E-state index in [1.807, 2.05) is 59.3 Å². The number of rotatable bonds is 9. The van der Waals surface area contributed by atoms with E-state index < -0.39 is 5.97 Å². The van der Waals surface area contributed by atoms with Crippen LogP contribution < -0.4 is 9.47 Å². The fourth-order valence-corrected chi connectivity index (χ4v) is 3.69. The maximum atomic E-state index is 11.3. The molecule has 4 aromatic rings. The molecular weight excluding hydrogens is 456 g/mol. The van der Waals surface area contributed by atoms with E-state index in [9.17, 15) is 9.90 Å². The second kappa shape index (κ2) is 10.4. The lowest BCUT2D eigenvalue weighted by Gasteiger charge is -2.09. The van der Waals surface area contributed by atoms with Crippen molar-refractivity contribution in [2.45, 2.75) is 13.2 Å². The molecule has 0 spiro atoms. The molecule has 0 aliphatic heterocycles. The van der Waals surface area contributed by atoms with Crippen LogP contribution in [-0.4, -0.2) is 35.1 Å². The molecule has 4 rings (SSSR count). The van der Waals surface area contributed by atoms with E-state index in [0.29, 0.717) is 5.56 Å². The van der Waals surface area contributed by atoms with E-state index >= 15 is 0 Å². The predicted octanol–water partition coefficient (Wildman–Crippen LogP) is 5.62. The smallest absolute Gasteiger partial charge is 0.337 e. The molecule has 8 heteroatoms. The number of ether oxygens (including phenoxy) is 3. The molecule has 0 aliphatic carbocycles. The summed E-state index contributed by atoms with van der Waals surface area (Å²) < 4.78 is 18.2. The summed E-state index contributed by atoms with van der Waals surface area (Å²) in [7, 11) is 3.26. The van der Waals surface area contributed by atoms with Crippen molar-refractivity contribution in [2.75, 3.05) is 14.2 Å². The summed E-state index contributed by atoms with van der Waals surface area (Å²) >= 11 is 5.95. The highest BCUT2D eigenvalue weighted by atomic mass is 35.5. The predicted molar refractivity (Wildman–Crippen MR) is 129 cm³/mol. The summed E-state index contributed by atoms with van der Waals surface area (Å²) in [4.78, 5) is 11.3. The van der Waals surface area contributed by atoms with Crippen molar-refractivity contribution in [1.29, 1.82) is 0 Å². The minimum atomic E-state index is -1.07. The van der Waals surface area contributed by atoms with Crippen LogP contribution in [0.2, 0.25) is 5.02 Å². The summed E-state index contributed by atoms with van der Waals surface area (Å²) in [6, 6.07) is 22.2. The molecule has 1 aromatic heterocycles. The van der Waals surface area contributed by atoms with Gasteiger partial charge in [-0.25, -0.2) is 9.48 Å². The molecule has 0 saturated heterocycles. The third kappa shape index (κ3) is 5.22. The standard InChI is InChI=1S/C26H23ClN2O5/c1-32-21-8-4-18(5-9-21)25-14-19(28-29(25)20-6-10-22(33-2)11-7-20)16-34-15-17-3-12-24(27)23(13-17)26(30)31/h3-14H,15-16H2,1-2H3,(H,30,31). The van der Waals surface area contributed by atoms with E-state index in [2.05, 4.69) is 0 Å². The fourth-order valence-electron chi connectivity index (χ4n) is 3.49. The van der Waals surface area contributed by atoms with Gasteiger partial charge >= 0.3 is 5.97 Å². The number of hydrogen-bond acceptors (Lipinski definition) is 5. The fraction of sp³-hybridized carbons (Fsp3) is 0.154. The first-order chi connectivity index (χ1) is 16.5. The maximum Gasteiger partial charge on any atom is 0.337 e. The Hall–Kier alpha value is -3.81. The van der Waals surface area contributed by atoms with E-state index in [1.165, 1.54) is 6.07 Å². The Bertz CT molecular complexity index is 1220. The summed E-state index contributed by atoms with van der Waals surface area (Å²) in [5.41, 5.74) is 4.24. The van der Waals surface area contributed by atoms with Crippen molar-refractivity contribution in [2.24, 2.45) is 0 Å². The molecule has 174 valence electrons. The first-order valence-electron chi connectivity index (χ1n) is 10.5. The molecule has 0 aliphatic rings. The topological polar surface area (TPSA) is 82.8 Å². The number of carbonyl (C=O) groups is 1. The molecule has 0 saturated carbocycles. The van der Waals surface area contributed by atoms with Crippen LogP contribution in [0.25, 0.3) is 16.9 Å². The molecule has 1 N–H and O–H groups in total. The van der Waals surface area contributed by atoms with Gasteiger partial charge in [0.15, 0.2) is 0 Å². The Balaban J connectivity index is 1.58. The Kier molecular flexibility index (Phi) is 7.15. The molecule has 0 bridgehead atoms. The third-order valence-corrected chi connectivity index (χ3v) is 5.57. The molecule has 0 unspecified atom stereocenters. The summed E-state index contributed by atoms with van der Waals surface area (Å²) in [6.07, 6.45) is 0. The number of methoxy groups -OCH3 is 2. The number of carboxylic acid groups (broad SMARTS) is 1. The quantitative estimate of drug-likeness (QED) is 0.336. The van der Waals surface area contributed by atoms with E-state index in [-0.39, 0.29) is 23.8 Å². The zero-order valence-corrected chi connectivity index (χ0v) is 19.5. The average Bonchev–Trinajstić information content (AvgIpc) is 3.29. The average molecular weight is 479 g/mol. The monoisotopic (exact) mass is 478 g/mol. The van der Waals surface area contributed by atoms with Crippen molar-refractivity contribution in [3.8, 4) is 28.4 Å². The number of hydrogen-bond donors (Lipinski definition) is 1. The molecular formula is C26H23ClN2O5. The van der Waals surface area contributed by atoms with Gasteiger partial charge in [-0.05, 0) is 72.3 Å². The first-order valence-corrected chi connectivity index (χ1v) is 10.8. The first kappa shape index (κ1) is 23.4. The molecule has 1 heterocycles. The number of aromatic carboxylic acids is 1. The Morgan fingerprint density at radius 1 is 0.912 bits per heavy atom. The molecule has 0 amide bonds. The normalized spacial score (nSPS) is 10.8. The van der Waals surface area contributed by atoms with Crippen LogP contribution in [-0.2, 0) is 18.0 Å². The van der Waals surface area contributed by atoms with E-state index in [0.717, 1.165) is 34.1 Å². The molecule has 3 aromatic carbocycles. The van der Waals surface area contributed by atoms with Crippen LogP contribution in [0.3, 0.4) is 0 Å². The highest BCUT2D eigenvalue weighted by molar-refractivity contribution is 6.33. The number of nitrogens with zero attached hydrogens (tertiary/aromatic N) is 2. The zero-order chi connectivity index (χ0) is 24.1. The zero-order valence-electron chi connectivity index (χ0n) is 18.7. The van der Waals surface area contributed by atoms with Crippen molar-refractivity contribution in [3.05, 3.63) is 94.6 Å². The van der Waals surface area contributed by atoms with E-state index in [1.54, 1.807) is 26.4 Å². The van der Waals surface area contributed by atoms with Crippen LogP contribution in [0.5, 0.6) is 11.5 Å². The van der Waals surface area contributed by atoms with E-state index in [4.69, 9.17) is 30.9 Å². The Morgan fingerprint density at radius 3 is 2.18 bits per heavy atom. The van der Waals surface area contributed by atoms with Crippen LogP contribution in [0.15, 0.2) is 72.8 Å². The SMILES string of the molecule is COc1ccc(-c2cc(COCc3ccc(Cl)c(C(=O)O)c3)nn2-c2ccc(OC)cc2)cc1. The third-order valence-electron chi connectivity index (χ3n) is 5.24. The van der Waals surface area contributed by atoms with Gasteiger partial charge in [0.05, 0.1) is 55.1 Å². The number of aromatic nitrogens is 2.